The molecule has 18 heavy (non-hydrogen) atoms. The van der Waals surface area contributed by atoms with Crippen molar-refractivity contribution in [3.63, 3.8) is 0 Å². The Kier molecular flexibility index (Phi) is 5.31. The predicted molar refractivity (Wildman–Crippen MR) is 67.4 cm³/mol. The summed E-state index contributed by atoms with van der Waals surface area (Å²) >= 11 is 3.19. The van der Waals surface area contributed by atoms with E-state index in [2.05, 4.69) is 20.7 Å². The minimum absolute atomic E-state index is 0.0341. The van der Waals surface area contributed by atoms with E-state index < -0.39 is 10.9 Å². The fraction of sp³-hybridized carbons (Fsp3) is 0.182. The molecular formula is C11H10BrNO5. The van der Waals surface area contributed by atoms with E-state index in [4.69, 9.17) is 4.74 Å². The Labute approximate surface area is 111 Å². The van der Waals surface area contributed by atoms with E-state index in [0.29, 0.717) is 4.47 Å². The highest BCUT2D eigenvalue weighted by molar-refractivity contribution is 9.10. The number of benzene rings is 1. The number of hydrogen-bond donors (Lipinski definition) is 0. The molecule has 0 spiro atoms. The minimum Gasteiger partial charge on any atom is -0.483 e. The third kappa shape index (κ3) is 4.17. The number of esters is 1. The standard InChI is InChI=1S/C11H10BrNO5/c1-17-11(14)3-2-6-18-10-7-8(12)4-5-9(10)13(15)16/h2-5,7H,6H2,1H3/b3-2+. The zero-order valence-electron chi connectivity index (χ0n) is 9.46. The molecular weight excluding hydrogens is 306 g/mol. The summed E-state index contributed by atoms with van der Waals surface area (Å²) in [4.78, 5) is 21.0. The number of halogens is 1. The lowest BCUT2D eigenvalue weighted by molar-refractivity contribution is -0.385. The zero-order chi connectivity index (χ0) is 13.5. The normalized spacial score (nSPS) is 10.3. The van der Waals surface area contributed by atoms with Gasteiger partial charge in [0.1, 0.15) is 6.61 Å². The maximum atomic E-state index is 10.8. The monoisotopic (exact) mass is 315 g/mol. The molecule has 0 aliphatic rings. The lowest BCUT2D eigenvalue weighted by Crippen LogP contribution is -2.00. The van der Waals surface area contributed by atoms with Crippen molar-refractivity contribution in [3.8, 4) is 5.75 Å². The van der Waals surface area contributed by atoms with Crippen LogP contribution >= 0.6 is 15.9 Å². The molecule has 0 aromatic heterocycles. The van der Waals surface area contributed by atoms with Crippen molar-refractivity contribution in [2.75, 3.05) is 13.7 Å². The van der Waals surface area contributed by atoms with Gasteiger partial charge in [-0.15, -0.1) is 0 Å². The molecule has 0 aliphatic carbocycles. The predicted octanol–water partition coefficient (Wildman–Crippen LogP) is 2.47. The van der Waals surface area contributed by atoms with E-state index in [1.807, 2.05) is 0 Å². The number of carbonyl (C=O) groups is 1. The Morgan fingerprint density at radius 2 is 2.28 bits per heavy atom. The van der Waals surface area contributed by atoms with E-state index >= 15 is 0 Å². The van der Waals surface area contributed by atoms with Crippen LogP contribution in [0.3, 0.4) is 0 Å². The molecule has 0 radical (unpaired) electrons. The van der Waals surface area contributed by atoms with E-state index in [1.54, 1.807) is 6.07 Å². The smallest absolute Gasteiger partial charge is 0.330 e. The first-order valence-electron chi connectivity index (χ1n) is 4.86. The second-order valence-electron chi connectivity index (χ2n) is 3.11. The fourth-order valence-corrected chi connectivity index (χ4v) is 1.44. The molecule has 96 valence electrons. The van der Waals surface area contributed by atoms with Crippen LogP contribution in [-0.4, -0.2) is 24.6 Å². The lowest BCUT2D eigenvalue weighted by atomic mass is 10.3. The van der Waals surface area contributed by atoms with Crippen molar-refractivity contribution in [1.82, 2.24) is 0 Å². The van der Waals surface area contributed by atoms with Gasteiger partial charge in [0.2, 0.25) is 0 Å². The maximum Gasteiger partial charge on any atom is 0.330 e. The van der Waals surface area contributed by atoms with E-state index in [1.165, 1.54) is 31.4 Å². The molecule has 7 heteroatoms. The van der Waals surface area contributed by atoms with Gasteiger partial charge in [-0.3, -0.25) is 10.1 Å². The summed E-state index contributed by atoms with van der Waals surface area (Å²) in [6.45, 7) is 0.0341. The van der Waals surface area contributed by atoms with Crippen LogP contribution in [0.15, 0.2) is 34.8 Å². The first kappa shape index (κ1) is 14.2. The Morgan fingerprint density at radius 3 is 2.89 bits per heavy atom. The van der Waals surface area contributed by atoms with Gasteiger partial charge in [-0.25, -0.2) is 4.79 Å². The van der Waals surface area contributed by atoms with Crippen LogP contribution in [0.5, 0.6) is 5.75 Å². The summed E-state index contributed by atoms with van der Waals surface area (Å²) in [5.74, 6) is -0.383. The molecule has 0 N–H and O–H groups in total. The largest absolute Gasteiger partial charge is 0.483 e. The van der Waals surface area contributed by atoms with Crippen molar-refractivity contribution < 1.29 is 19.2 Å². The third-order valence-corrected chi connectivity index (χ3v) is 2.40. The summed E-state index contributed by atoms with van der Waals surface area (Å²) in [5.41, 5.74) is -0.135. The molecule has 0 fully saturated rings. The van der Waals surface area contributed by atoms with Crippen molar-refractivity contribution >= 4 is 27.6 Å². The molecule has 6 nitrogen and oxygen atoms in total. The Hall–Kier alpha value is -1.89. The fourth-order valence-electron chi connectivity index (χ4n) is 1.10. The SMILES string of the molecule is COC(=O)/C=C/COc1cc(Br)ccc1[N+](=O)[O-]. The quantitative estimate of drug-likeness (QED) is 0.361. The zero-order valence-corrected chi connectivity index (χ0v) is 11.0. The first-order chi connectivity index (χ1) is 8.54. The second kappa shape index (κ2) is 6.75. The summed E-state index contributed by atoms with van der Waals surface area (Å²) < 4.78 is 10.3. The maximum absolute atomic E-state index is 10.8. The van der Waals surface area contributed by atoms with E-state index in [-0.39, 0.29) is 18.0 Å². The molecule has 1 aromatic rings. The van der Waals surface area contributed by atoms with Crippen molar-refractivity contribution in [1.29, 1.82) is 0 Å². The van der Waals surface area contributed by atoms with Crippen LogP contribution in [0.4, 0.5) is 5.69 Å². The van der Waals surface area contributed by atoms with Gasteiger partial charge in [-0.1, -0.05) is 15.9 Å². The summed E-state index contributed by atoms with van der Waals surface area (Å²) in [7, 11) is 1.26. The number of methoxy groups -OCH3 is 1. The Bertz CT molecular complexity index is 486. The molecule has 0 heterocycles. The summed E-state index contributed by atoms with van der Waals surface area (Å²) in [6, 6.07) is 4.38. The van der Waals surface area contributed by atoms with Crippen LogP contribution in [0.1, 0.15) is 0 Å². The number of nitro benzene ring substituents is 1. The van der Waals surface area contributed by atoms with Gasteiger partial charge in [0.15, 0.2) is 5.75 Å². The van der Waals surface area contributed by atoms with Crippen LogP contribution < -0.4 is 4.74 Å². The Balaban J connectivity index is 2.72. The highest BCUT2D eigenvalue weighted by Gasteiger charge is 2.14. The first-order valence-corrected chi connectivity index (χ1v) is 5.65. The minimum atomic E-state index is -0.536. The Morgan fingerprint density at radius 1 is 1.56 bits per heavy atom. The molecule has 0 bridgehead atoms. The van der Waals surface area contributed by atoms with Crippen LogP contribution in [-0.2, 0) is 9.53 Å². The lowest BCUT2D eigenvalue weighted by Gasteiger charge is -2.04. The molecule has 0 unspecified atom stereocenters. The van der Waals surface area contributed by atoms with Crippen LogP contribution in [0.25, 0.3) is 0 Å². The van der Waals surface area contributed by atoms with Gasteiger partial charge in [0, 0.05) is 22.7 Å². The van der Waals surface area contributed by atoms with Gasteiger partial charge in [0.25, 0.3) is 0 Å². The third-order valence-electron chi connectivity index (χ3n) is 1.91. The highest BCUT2D eigenvalue weighted by Crippen LogP contribution is 2.29. The van der Waals surface area contributed by atoms with Crippen molar-refractivity contribution in [2.24, 2.45) is 0 Å². The number of nitro groups is 1. The number of ether oxygens (including phenoxy) is 2. The molecule has 0 saturated carbocycles. The number of nitrogens with zero attached hydrogens (tertiary/aromatic N) is 1. The van der Waals surface area contributed by atoms with E-state index in [9.17, 15) is 14.9 Å². The van der Waals surface area contributed by atoms with Gasteiger partial charge in [-0.05, 0) is 12.1 Å². The molecule has 0 amide bonds. The molecule has 1 rings (SSSR count). The van der Waals surface area contributed by atoms with Crippen molar-refractivity contribution in [2.45, 2.75) is 0 Å². The molecule has 0 aliphatic heterocycles. The van der Waals surface area contributed by atoms with Crippen molar-refractivity contribution in [3.05, 3.63) is 44.9 Å². The average Bonchev–Trinajstić information content (AvgIpc) is 2.34. The summed E-state index contributed by atoms with van der Waals surface area (Å²) in [6.07, 6.45) is 2.60. The van der Waals surface area contributed by atoms with Gasteiger partial charge in [0.05, 0.1) is 12.0 Å². The summed E-state index contributed by atoms with van der Waals surface area (Å²) in [5, 5.41) is 10.7. The van der Waals surface area contributed by atoms with Gasteiger partial charge >= 0.3 is 11.7 Å². The number of carbonyl (C=O) groups excluding carboxylic acids is 1. The number of hydrogen-bond acceptors (Lipinski definition) is 5. The van der Waals surface area contributed by atoms with E-state index in [0.717, 1.165) is 0 Å². The topological polar surface area (TPSA) is 78.7 Å². The molecule has 0 atom stereocenters. The molecule has 0 saturated heterocycles. The highest BCUT2D eigenvalue weighted by atomic mass is 79.9. The van der Waals surface area contributed by atoms with Gasteiger partial charge in [-0.2, -0.15) is 0 Å². The molecule has 1 aromatic carbocycles. The number of rotatable bonds is 5. The van der Waals surface area contributed by atoms with Gasteiger partial charge < -0.3 is 9.47 Å². The average molecular weight is 316 g/mol. The van der Waals surface area contributed by atoms with Crippen LogP contribution in [0.2, 0.25) is 0 Å². The second-order valence-corrected chi connectivity index (χ2v) is 4.02. The van der Waals surface area contributed by atoms with Crippen LogP contribution in [0, 0.1) is 10.1 Å².